The molecule has 3 aromatic heterocycles. The molecule has 6 nitrogen and oxygen atoms in total. The van der Waals surface area contributed by atoms with Gasteiger partial charge >= 0.3 is 0 Å². The van der Waals surface area contributed by atoms with Crippen molar-refractivity contribution in [2.24, 2.45) is 0 Å². The number of nitrogens with zero attached hydrogens (tertiary/aromatic N) is 4. The minimum Gasteiger partial charge on any atom is -0.364 e. The molecule has 3 aromatic rings. The van der Waals surface area contributed by atoms with Gasteiger partial charge in [-0.25, -0.2) is 15.0 Å². The van der Waals surface area contributed by atoms with E-state index in [1.807, 2.05) is 24.3 Å². The molecule has 0 bridgehead atoms. The maximum absolute atomic E-state index is 4.85. The second-order valence-corrected chi connectivity index (χ2v) is 4.49. The van der Waals surface area contributed by atoms with Gasteiger partial charge in [0.05, 0.1) is 17.1 Å². The molecule has 0 unspecified atom stereocenters. The standard InChI is InChI=1S/C15H15N5O/c1-2-8-16-15-17-9-6-13(19-15)11-4-3-5-12(18-11)14-7-10-21-20-14/h3-7,9-10H,2,8H2,1H3,(H,16,17,19). The minimum absolute atomic E-state index is 0.614. The number of hydrogen-bond donors (Lipinski definition) is 1. The van der Waals surface area contributed by atoms with Gasteiger partial charge in [-0.3, -0.25) is 0 Å². The van der Waals surface area contributed by atoms with Gasteiger partial charge in [0.1, 0.15) is 12.0 Å². The lowest BCUT2D eigenvalue weighted by molar-refractivity contribution is 0.422. The smallest absolute Gasteiger partial charge is 0.223 e. The van der Waals surface area contributed by atoms with Crippen molar-refractivity contribution in [1.82, 2.24) is 20.1 Å². The van der Waals surface area contributed by atoms with Crippen LogP contribution >= 0.6 is 0 Å². The summed E-state index contributed by atoms with van der Waals surface area (Å²) in [6.45, 7) is 2.94. The van der Waals surface area contributed by atoms with Crippen LogP contribution in [0.4, 0.5) is 5.95 Å². The van der Waals surface area contributed by atoms with E-state index in [9.17, 15) is 0 Å². The molecule has 0 spiro atoms. The number of pyridine rings is 1. The van der Waals surface area contributed by atoms with E-state index < -0.39 is 0 Å². The molecule has 6 heteroatoms. The van der Waals surface area contributed by atoms with E-state index in [-0.39, 0.29) is 0 Å². The highest BCUT2D eigenvalue weighted by Gasteiger charge is 2.07. The van der Waals surface area contributed by atoms with Crippen LogP contribution in [0.25, 0.3) is 22.8 Å². The lowest BCUT2D eigenvalue weighted by atomic mass is 10.2. The Kier molecular flexibility index (Phi) is 3.86. The summed E-state index contributed by atoms with van der Waals surface area (Å²) < 4.78 is 4.85. The Morgan fingerprint density at radius 3 is 2.57 bits per heavy atom. The van der Waals surface area contributed by atoms with Crippen LogP contribution in [0.2, 0.25) is 0 Å². The van der Waals surface area contributed by atoms with E-state index in [1.54, 1.807) is 12.3 Å². The Hall–Kier alpha value is -2.76. The van der Waals surface area contributed by atoms with Gasteiger partial charge < -0.3 is 9.84 Å². The Balaban J connectivity index is 1.91. The molecule has 1 N–H and O–H groups in total. The topological polar surface area (TPSA) is 76.7 Å². The molecule has 106 valence electrons. The van der Waals surface area contributed by atoms with E-state index in [0.29, 0.717) is 11.6 Å². The van der Waals surface area contributed by atoms with Gasteiger partial charge in [-0.15, -0.1) is 0 Å². The first kappa shape index (κ1) is 13.2. The summed E-state index contributed by atoms with van der Waals surface area (Å²) in [4.78, 5) is 13.2. The van der Waals surface area contributed by atoms with Crippen LogP contribution in [-0.4, -0.2) is 26.7 Å². The first-order chi connectivity index (χ1) is 10.4. The lowest BCUT2D eigenvalue weighted by Gasteiger charge is -2.05. The van der Waals surface area contributed by atoms with Crippen molar-refractivity contribution in [2.75, 3.05) is 11.9 Å². The summed E-state index contributed by atoms with van der Waals surface area (Å²) in [5, 5.41) is 7.07. The summed E-state index contributed by atoms with van der Waals surface area (Å²) in [7, 11) is 0. The summed E-state index contributed by atoms with van der Waals surface area (Å²) >= 11 is 0. The highest BCUT2D eigenvalue weighted by atomic mass is 16.5. The molecule has 0 aliphatic carbocycles. The van der Waals surface area contributed by atoms with Crippen LogP contribution in [0.3, 0.4) is 0 Å². The van der Waals surface area contributed by atoms with Crippen molar-refractivity contribution < 1.29 is 4.52 Å². The molecule has 0 saturated carbocycles. The molecule has 0 amide bonds. The molecule has 0 atom stereocenters. The van der Waals surface area contributed by atoms with Crippen molar-refractivity contribution in [1.29, 1.82) is 0 Å². The Labute approximate surface area is 122 Å². The normalized spacial score (nSPS) is 10.5. The van der Waals surface area contributed by atoms with E-state index in [1.165, 1.54) is 6.26 Å². The molecule has 0 aliphatic rings. The maximum atomic E-state index is 4.85. The SMILES string of the molecule is CCCNc1nccc(-c2cccc(-c3ccon3)n2)n1. The molecule has 0 radical (unpaired) electrons. The predicted molar refractivity (Wildman–Crippen MR) is 79.5 cm³/mol. The van der Waals surface area contributed by atoms with Gasteiger partial charge in [0.15, 0.2) is 0 Å². The molecular weight excluding hydrogens is 266 g/mol. The van der Waals surface area contributed by atoms with Gasteiger partial charge in [0.25, 0.3) is 0 Å². The van der Waals surface area contributed by atoms with Crippen LogP contribution < -0.4 is 5.32 Å². The number of nitrogens with one attached hydrogen (secondary N) is 1. The van der Waals surface area contributed by atoms with Gasteiger partial charge in [0, 0.05) is 18.8 Å². The number of anilines is 1. The van der Waals surface area contributed by atoms with Crippen molar-refractivity contribution in [3.05, 3.63) is 42.8 Å². The minimum atomic E-state index is 0.614. The summed E-state index contributed by atoms with van der Waals surface area (Å²) in [5.41, 5.74) is 3.00. The average molecular weight is 281 g/mol. The lowest BCUT2D eigenvalue weighted by Crippen LogP contribution is -2.04. The third-order valence-electron chi connectivity index (χ3n) is 2.90. The molecule has 0 aliphatic heterocycles. The van der Waals surface area contributed by atoms with Crippen molar-refractivity contribution in [3.63, 3.8) is 0 Å². The predicted octanol–water partition coefficient (Wildman–Crippen LogP) is 3.02. The average Bonchev–Trinajstić information content (AvgIpc) is 3.08. The van der Waals surface area contributed by atoms with Crippen LogP contribution in [0.5, 0.6) is 0 Å². The fraction of sp³-hybridized carbons (Fsp3) is 0.200. The van der Waals surface area contributed by atoms with Crippen LogP contribution in [-0.2, 0) is 0 Å². The first-order valence-electron chi connectivity index (χ1n) is 6.82. The van der Waals surface area contributed by atoms with Gasteiger partial charge in [-0.2, -0.15) is 0 Å². The van der Waals surface area contributed by atoms with Crippen LogP contribution in [0, 0.1) is 0 Å². The number of aromatic nitrogens is 4. The molecule has 3 heterocycles. The zero-order valence-electron chi connectivity index (χ0n) is 11.7. The van der Waals surface area contributed by atoms with Crippen LogP contribution in [0.15, 0.2) is 47.3 Å². The van der Waals surface area contributed by atoms with E-state index in [0.717, 1.165) is 30.0 Å². The van der Waals surface area contributed by atoms with Crippen molar-refractivity contribution >= 4 is 5.95 Å². The number of hydrogen-bond acceptors (Lipinski definition) is 6. The molecule has 0 saturated heterocycles. The zero-order chi connectivity index (χ0) is 14.5. The Bertz CT molecular complexity index is 712. The first-order valence-corrected chi connectivity index (χ1v) is 6.82. The van der Waals surface area contributed by atoms with Crippen molar-refractivity contribution in [2.45, 2.75) is 13.3 Å². The molecule has 3 rings (SSSR count). The van der Waals surface area contributed by atoms with Gasteiger partial charge in [0.2, 0.25) is 5.95 Å². The largest absolute Gasteiger partial charge is 0.364 e. The molecule has 0 fully saturated rings. The quantitative estimate of drug-likeness (QED) is 0.774. The maximum Gasteiger partial charge on any atom is 0.223 e. The number of rotatable bonds is 5. The molecule has 21 heavy (non-hydrogen) atoms. The monoisotopic (exact) mass is 281 g/mol. The third kappa shape index (κ3) is 3.05. The van der Waals surface area contributed by atoms with E-state index in [2.05, 4.69) is 32.3 Å². The molecule has 0 aromatic carbocycles. The second kappa shape index (κ2) is 6.13. The summed E-state index contributed by atoms with van der Waals surface area (Å²) in [5.74, 6) is 0.614. The highest BCUT2D eigenvalue weighted by Crippen LogP contribution is 2.20. The summed E-state index contributed by atoms with van der Waals surface area (Å²) in [6, 6.07) is 9.34. The van der Waals surface area contributed by atoms with Gasteiger partial charge in [-0.05, 0) is 24.6 Å². The Morgan fingerprint density at radius 2 is 1.81 bits per heavy atom. The fourth-order valence-electron chi connectivity index (χ4n) is 1.89. The van der Waals surface area contributed by atoms with E-state index in [4.69, 9.17) is 4.52 Å². The van der Waals surface area contributed by atoms with Crippen LogP contribution in [0.1, 0.15) is 13.3 Å². The second-order valence-electron chi connectivity index (χ2n) is 4.49. The molecular formula is C15H15N5O. The highest BCUT2D eigenvalue weighted by molar-refractivity contribution is 5.61. The van der Waals surface area contributed by atoms with Crippen molar-refractivity contribution in [3.8, 4) is 22.8 Å². The Morgan fingerprint density at radius 1 is 1.00 bits per heavy atom. The fourth-order valence-corrected chi connectivity index (χ4v) is 1.89. The third-order valence-corrected chi connectivity index (χ3v) is 2.90. The van der Waals surface area contributed by atoms with E-state index >= 15 is 0 Å². The summed E-state index contributed by atoms with van der Waals surface area (Å²) in [6.07, 6.45) is 4.28. The zero-order valence-corrected chi connectivity index (χ0v) is 11.7. The van der Waals surface area contributed by atoms with Gasteiger partial charge in [-0.1, -0.05) is 18.1 Å².